The number of carboxylic acids is 1. The van der Waals surface area contributed by atoms with Gasteiger partial charge in [-0.25, -0.2) is 0 Å². The molecule has 2 aliphatic rings. The molecule has 148 valence electrons. The van der Waals surface area contributed by atoms with Crippen molar-refractivity contribution in [3.63, 3.8) is 0 Å². The number of hydrogen-bond acceptors (Lipinski definition) is 3. The maximum Gasteiger partial charge on any atom is 0.303 e. The number of allylic oxidation sites excluding steroid dienone is 1. The number of ether oxygens (including phenoxy) is 1. The summed E-state index contributed by atoms with van der Waals surface area (Å²) in [4.78, 5) is 22.3. The number of rotatable bonds is 7. The average molecular weight is 365 g/mol. The number of carbonyl (C=O) groups is 2. The van der Waals surface area contributed by atoms with Crippen molar-refractivity contribution in [2.75, 3.05) is 6.61 Å². The number of fused-ring (bicyclic) bond motifs is 1. The Bertz CT molecular complexity index is 554. The molecule has 0 radical (unpaired) electrons. The Kier molecular flexibility index (Phi) is 6.57. The van der Waals surface area contributed by atoms with Gasteiger partial charge < -0.3 is 9.84 Å². The molecule has 1 N–H and O–H groups in total. The van der Waals surface area contributed by atoms with E-state index in [1.807, 2.05) is 6.92 Å². The van der Waals surface area contributed by atoms with Crippen molar-refractivity contribution >= 4 is 11.9 Å². The van der Waals surface area contributed by atoms with E-state index in [-0.39, 0.29) is 29.1 Å². The van der Waals surface area contributed by atoms with Crippen LogP contribution < -0.4 is 0 Å². The van der Waals surface area contributed by atoms with Gasteiger partial charge in [0.15, 0.2) is 0 Å². The van der Waals surface area contributed by atoms with Crippen molar-refractivity contribution in [1.29, 1.82) is 0 Å². The maximum atomic E-state index is 11.4. The Morgan fingerprint density at radius 2 is 2.04 bits per heavy atom. The predicted octanol–water partition coefficient (Wildman–Crippen LogP) is 5.22. The number of esters is 1. The molecule has 0 aromatic heterocycles. The van der Waals surface area contributed by atoms with E-state index in [0.717, 1.165) is 38.5 Å². The molecule has 26 heavy (non-hydrogen) atoms. The van der Waals surface area contributed by atoms with Crippen molar-refractivity contribution in [3.05, 3.63) is 12.2 Å². The third kappa shape index (κ3) is 4.50. The van der Waals surface area contributed by atoms with Crippen molar-refractivity contribution in [2.24, 2.45) is 28.6 Å². The van der Waals surface area contributed by atoms with Crippen LogP contribution in [0.2, 0.25) is 0 Å². The van der Waals surface area contributed by atoms with Gasteiger partial charge in [0.25, 0.3) is 0 Å². The van der Waals surface area contributed by atoms with Gasteiger partial charge in [-0.1, -0.05) is 39.3 Å². The first-order chi connectivity index (χ1) is 12.1. The van der Waals surface area contributed by atoms with E-state index in [2.05, 4.69) is 20.4 Å². The van der Waals surface area contributed by atoms with Crippen molar-refractivity contribution in [2.45, 2.75) is 79.1 Å². The summed E-state index contributed by atoms with van der Waals surface area (Å²) < 4.78 is 5.46. The first-order valence-corrected chi connectivity index (χ1v) is 10.1. The van der Waals surface area contributed by atoms with Crippen molar-refractivity contribution in [3.8, 4) is 0 Å². The number of aliphatic carboxylic acids is 1. The smallest absolute Gasteiger partial charge is 0.303 e. The molecule has 0 heterocycles. The lowest BCUT2D eigenvalue weighted by Gasteiger charge is -2.58. The summed E-state index contributed by atoms with van der Waals surface area (Å²) in [6.07, 6.45) is 7.78. The minimum absolute atomic E-state index is 0.0320. The Hall–Kier alpha value is -1.32. The largest absolute Gasteiger partial charge is 0.481 e. The van der Waals surface area contributed by atoms with Crippen LogP contribution in [0.4, 0.5) is 0 Å². The number of hydrogen-bond donors (Lipinski definition) is 1. The molecule has 5 unspecified atom stereocenters. The van der Waals surface area contributed by atoms with Crippen LogP contribution in [0.5, 0.6) is 0 Å². The quantitative estimate of drug-likeness (QED) is 0.497. The fourth-order valence-electron chi connectivity index (χ4n) is 5.91. The summed E-state index contributed by atoms with van der Waals surface area (Å²) in [6, 6.07) is 0. The fraction of sp³-hybridized carbons (Fsp3) is 0.818. The topological polar surface area (TPSA) is 63.6 Å². The molecule has 0 amide bonds. The molecule has 0 bridgehead atoms. The molecule has 2 saturated carbocycles. The minimum Gasteiger partial charge on any atom is -0.481 e. The van der Waals surface area contributed by atoms with Gasteiger partial charge in [0, 0.05) is 18.8 Å². The normalized spacial score (nSPS) is 35.5. The van der Waals surface area contributed by atoms with E-state index >= 15 is 0 Å². The molecule has 0 saturated heterocycles. The summed E-state index contributed by atoms with van der Waals surface area (Å²) in [5.74, 6) is 0.247. The fourth-order valence-corrected chi connectivity index (χ4v) is 5.91. The SMILES string of the molecule is C=C1CCC2C(C)(COC(C)=O)CCCC2(C)C1CCC(C)CC(=O)O. The van der Waals surface area contributed by atoms with Gasteiger partial charge in [0.05, 0.1) is 6.61 Å². The van der Waals surface area contributed by atoms with Gasteiger partial charge >= 0.3 is 11.9 Å². The highest BCUT2D eigenvalue weighted by Crippen LogP contribution is 2.62. The summed E-state index contributed by atoms with van der Waals surface area (Å²) in [5.41, 5.74) is 1.54. The molecule has 2 rings (SSSR count). The predicted molar refractivity (Wildman–Crippen MR) is 103 cm³/mol. The van der Waals surface area contributed by atoms with Gasteiger partial charge in [-0.3, -0.25) is 9.59 Å². The van der Waals surface area contributed by atoms with E-state index in [0.29, 0.717) is 18.4 Å². The Morgan fingerprint density at radius 1 is 1.35 bits per heavy atom. The van der Waals surface area contributed by atoms with E-state index < -0.39 is 5.97 Å². The summed E-state index contributed by atoms with van der Waals surface area (Å²) in [5, 5.41) is 9.02. The summed E-state index contributed by atoms with van der Waals surface area (Å²) in [7, 11) is 0. The molecular formula is C22H36O4. The molecule has 5 atom stereocenters. The van der Waals surface area contributed by atoms with Gasteiger partial charge in [0.1, 0.15) is 0 Å². The highest BCUT2D eigenvalue weighted by Gasteiger charge is 2.54. The maximum absolute atomic E-state index is 11.4. The molecule has 0 spiro atoms. The zero-order valence-corrected chi connectivity index (χ0v) is 17.0. The second-order valence-electron chi connectivity index (χ2n) is 9.38. The molecule has 0 aliphatic heterocycles. The Labute approximate surface area is 158 Å². The molecule has 2 fully saturated rings. The zero-order valence-electron chi connectivity index (χ0n) is 17.0. The van der Waals surface area contributed by atoms with Crippen LogP contribution in [0, 0.1) is 28.6 Å². The highest BCUT2D eigenvalue weighted by atomic mass is 16.5. The lowest BCUT2D eigenvalue weighted by atomic mass is 9.46. The molecule has 0 aromatic carbocycles. The van der Waals surface area contributed by atoms with Crippen LogP contribution in [0.1, 0.15) is 79.1 Å². The zero-order chi connectivity index (χ0) is 19.5. The third-order valence-corrected chi connectivity index (χ3v) is 7.22. The van der Waals surface area contributed by atoms with Crippen LogP contribution in [0.3, 0.4) is 0 Å². The second-order valence-corrected chi connectivity index (χ2v) is 9.38. The molecule has 4 heteroatoms. The lowest BCUT2D eigenvalue weighted by molar-refractivity contribution is -0.153. The van der Waals surface area contributed by atoms with Crippen molar-refractivity contribution < 1.29 is 19.4 Å². The van der Waals surface area contributed by atoms with E-state index in [1.165, 1.54) is 18.9 Å². The van der Waals surface area contributed by atoms with Crippen LogP contribution in [0.25, 0.3) is 0 Å². The lowest BCUT2D eigenvalue weighted by Crippen LogP contribution is -2.52. The van der Waals surface area contributed by atoms with Crippen LogP contribution in [-0.4, -0.2) is 23.7 Å². The Morgan fingerprint density at radius 3 is 2.65 bits per heavy atom. The van der Waals surface area contributed by atoms with E-state index in [1.54, 1.807) is 0 Å². The monoisotopic (exact) mass is 364 g/mol. The molecule has 2 aliphatic carbocycles. The Balaban J connectivity index is 2.15. The minimum atomic E-state index is -0.712. The van der Waals surface area contributed by atoms with Crippen LogP contribution in [-0.2, 0) is 14.3 Å². The van der Waals surface area contributed by atoms with E-state index in [4.69, 9.17) is 9.84 Å². The van der Waals surface area contributed by atoms with E-state index in [9.17, 15) is 9.59 Å². The summed E-state index contributed by atoms with van der Waals surface area (Å²) in [6.45, 7) is 13.1. The van der Waals surface area contributed by atoms with Crippen molar-refractivity contribution in [1.82, 2.24) is 0 Å². The molecule has 4 nitrogen and oxygen atoms in total. The van der Waals surface area contributed by atoms with Crippen LogP contribution >= 0.6 is 0 Å². The van der Waals surface area contributed by atoms with Gasteiger partial charge in [-0.2, -0.15) is 0 Å². The van der Waals surface area contributed by atoms with Gasteiger partial charge in [-0.15, -0.1) is 0 Å². The number of carbonyl (C=O) groups excluding carboxylic acids is 1. The molecule has 0 aromatic rings. The van der Waals surface area contributed by atoms with Gasteiger partial charge in [-0.05, 0) is 61.7 Å². The highest BCUT2D eigenvalue weighted by molar-refractivity contribution is 5.67. The first kappa shape index (κ1) is 21.0. The third-order valence-electron chi connectivity index (χ3n) is 7.22. The van der Waals surface area contributed by atoms with Gasteiger partial charge in [0.2, 0.25) is 0 Å². The number of carboxylic acid groups (broad SMARTS) is 1. The second kappa shape index (κ2) is 8.14. The summed E-state index contributed by atoms with van der Waals surface area (Å²) >= 11 is 0. The average Bonchev–Trinajstić information content (AvgIpc) is 2.51. The standard InChI is InChI=1S/C22H36O4/c1-15(13-20(24)25)7-9-18-16(2)8-10-19-21(4,14-26-17(3)23)11-6-12-22(18,19)5/h15,18-19H,2,6-14H2,1,3-5H3,(H,24,25). The van der Waals surface area contributed by atoms with Crippen LogP contribution in [0.15, 0.2) is 12.2 Å². The first-order valence-electron chi connectivity index (χ1n) is 10.1. The molecular weight excluding hydrogens is 328 g/mol.